The van der Waals surface area contributed by atoms with Crippen molar-refractivity contribution in [3.05, 3.63) is 0 Å². The van der Waals surface area contributed by atoms with Crippen LogP contribution in [-0.4, -0.2) is 24.7 Å². The Morgan fingerprint density at radius 2 is 2.44 bits per heavy atom. The van der Waals surface area contributed by atoms with E-state index in [0.717, 1.165) is 0 Å². The highest BCUT2D eigenvalue weighted by Crippen LogP contribution is 2.10. The SMILES string of the molecule is NC[C@H]1C[C@H](N)C(=O)O1. The van der Waals surface area contributed by atoms with E-state index in [9.17, 15) is 4.79 Å². The van der Waals surface area contributed by atoms with E-state index < -0.39 is 6.04 Å². The predicted octanol–water partition coefficient (Wildman–Crippen LogP) is -1.41. The molecule has 1 aliphatic heterocycles. The average Bonchev–Trinajstić information content (AvgIpc) is 2.13. The highest BCUT2D eigenvalue weighted by molar-refractivity contribution is 5.77. The maximum Gasteiger partial charge on any atom is 0.323 e. The summed E-state index contributed by atoms with van der Waals surface area (Å²) in [7, 11) is 0. The fraction of sp³-hybridized carbons (Fsp3) is 0.800. The van der Waals surface area contributed by atoms with Crippen molar-refractivity contribution in [3.63, 3.8) is 0 Å². The molecule has 2 atom stereocenters. The Morgan fingerprint density at radius 1 is 1.78 bits per heavy atom. The molecule has 0 aromatic carbocycles. The third kappa shape index (κ3) is 1.20. The molecule has 1 rings (SSSR count). The number of ether oxygens (including phenoxy) is 1. The molecule has 0 unspecified atom stereocenters. The van der Waals surface area contributed by atoms with Crippen LogP contribution in [0.15, 0.2) is 0 Å². The fourth-order valence-electron chi connectivity index (χ4n) is 0.824. The molecule has 0 aliphatic carbocycles. The van der Waals surface area contributed by atoms with Gasteiger partial charge >= 0.3 is 5.97 Å². The number of carbonyl (C=O) groups is 1. The van der Waals surface area contributed by atoms with Crippen LogP contribution in [0.25, 0.3) is 0 Å². The smallest absolute Gasteiger partial charge is 0.323 e. The molecule has 0 aromatic rings. The molecule has 0 radical (unpaired) electrons. The molecule has 4 nitrogen and oxygen atoms in total. The second-order valence-electron chi connectivity index (χ2n) is 2.14. The van der Waals surface area contributed by atoms with Crippen LogP contribution in [0.5, 0.6) is 0 Å². The lowest BCUT2D eigenvalue weighted by Crippen LogP contribution is -2.24. The lowest BCUT2D eigenvalue weighted by Gasteiger charge is -2.01. The molecule has 0 aromatic heterocycles. The topological polar surface area (TPSA) is 78.3 Å². The van der Waals surface area contributed by atoms with Gasteiger partial charge in [-0.1, -0.05) is 0 Å². The highest BCUT2D eigenvalue weighted by atomic mass is 16.6. The lowest BCUT2D eigenvalue weighted by atomic mass is 10.2. The molecule has 0 bridgehead atoms. The van der Waals surface area contributed by atoms with Crippen molar-refractivity contribution < 1.29 is 9.53 Å². The molecule has 1 fully saturated rings. The van der Waals surface area contributed by atoms with Gasteiger partial charge in [0.25, 0.3) is 0 Å². The van der Waals surface area contributed by atoms with Crippen molar-refractivity contribution in [3.8, 4) is 0 Å². The number of hydrogen-bond acceptors (Lipinski definition) is 4. The minimum Gasteiger partial charge on any atom is -0.460 e. The zero-order valence-corrected chi connectivity index (χ0v) is 5.04. The third-order valence-electron chi connectivity index (χ3n) is 1.37. The minimum atomic E-state index is -0.446. The van der Waals surface area contributed by atoms with Gasteiger partial charge in [0.15, 0.2) is 0 Å². The highest BCUT2D eigenvalue weighted by Gasteiger charge is 2.29. The van der Waals surface area contributed by atoms with E-state index >= 15 is 0 Å². The number of carbonyl (C=O) groups excluding carboxylic acids is 1. The first-order chi connectivity index (χ1) is 4.24. The first-order valence-corrected chi connectivity index (χ1v) is 2.90. The van der Waals surface area contributed by atoms with Crippen LogP contribution in [0.1, 0.15) is 6.42 Å². The molecule has 52 valence electrons. The third-order valence-corrected chi connectivity index (χ3v) is 1.37. The van der Waals surface area contributed by atoms with E-state index in [2.05, 4.69) is 0 Å². The van der Waals surface area contributed by atoms with Crippen LogP contribution in [0.2, 0.25) is 0 Å². The van der Waals surface area contributed by atoms with Crippen LogP contribution >= 0.6 is 0 Å². The Morgan fingerprint density at radius 3 is 2.67 bits per heavy atom. The molecule has 1 saturated heterocycles. The Balaban J connectivity index is 2.44. The van der Waals surface area contributed by atoms with E-state index in [0.29, 0.717) is 13.0 Å². The van der Waals surface area contributed by atoms with Gasteiger partial charge < -0.3 is 16.2 Å². The normalized spacial score (nSPS) is 34.7. The number of nitrogens with two attached hydrogens (primary N) is 2. The van der Waals surface area contributed by atoms with Gasteiger partial charge in [-0.25, -0.2) is 0 Å². The Bertz CT molecular complexity index is 126. The summed E-state index contributed by atoms with van der Waals surface area (Å²) in [4.78, 5) is 10.5. The molecular weight excluding hydrogens is 120 g/mol. The van der Waals surface area contributed by atoms with Gasteiger partial charge in [0.2, 0.25) is 0 Å². The lowest BCUT2D eigenvalue weighted by molar-refractivity contribution is -0.142. The minimum absolute atomic E-state index is 0.146. The predicted molar refractivity (Wildman–Crippen MR) is 31.5 cm³/mol. The summed E-state index contributed by atoms with van der Waals surface area (Å²) in [6.07, 6.45) is 0.419. The summed E-state index contributed by atoms with van der Waals surface area (Å²) in [5, 5.41) is 0. The van der Waals surface area contributed by atoms with E-state index in [1.807, 2.05) is 0 Å². The quantitative estimate of drug-likeness (QED) is 0.427. The average molecular weight is 130 g/mol. The largest absolute Gasteiger partial charge is 0.460 e. The monoisotopic (exact) mass is 130 g/mol. The Hall–Kier alpha value is -0.610. The van der Waals surface area contributed by atoms with E-state index in [4.69, 9.17) is 16.2 Å². The number of cyclic esters (lactones) is 1. The first kappa shape index (κ1) is 6.51. The van der Waals surface area contributed by atoms with Gasteiger partial charge in [-0.05, 0) is 0 Å². The molecular formula is C5H10N2O2. The number of hydrogen-bond donors (Lipinski definition) is 2. The fourth-order valence-corrected chi connectivity index (χ4v) is 0.824. The van der Waals surface area contributed by atoms with Crippen LogP contribution in [0.4, 0.5) is 0 Å². The zero-order valence-electron chi connectivity index (χ0n) is 5.04. The van der Waals surface area contributed by atoms with Gasteiger partial charge in [0.05, 0.1) is 0 Å². The van der Waals surface area contributed by atoms with Crippen molar-refractivity contribution in [1.82, 2.24) is 0 Å². The van der Waals surface area contributed by atoms with E-state index in [1.54, 1.807) is 0 Å². The second kappa shape index (κ2) is 2.33. The summed E-state index contributed by atoms with van der Waals surface area (Å²) < 4.78 is 4.73. The van der Waals surface area contributed by atoms with Crippen LogP contribution in [0.3, 0.4) is 0 Å². The van der Waals surface area contributed by atoms with E-state index in [1.165, 1.54) is 0 Å². The Labute approximate surface area is 53.1 Å². The second-order valence-corrected chi connectivity index (χ2v) is 2.14. The van der Waals surface area contributed by atoms with Gasteiger partial charge in [-0.15, -0.1) is 0 Å². The maximum absolute atomic E-state index is 10.5. The van der Waals surface area contributed by atoms with Crippen molar-refractivity contribution in [2.24, 2.45) is 11.5 Å². The molecule has 4 heteroatoms. The molecule has 1 aliphatic rings. The summed E-state index contributed by atoms with van der Waals surface area (Å²) in [6, 6.07) is -0.446. The first-order valence-electron chi connectivity index (χ1n) is 2.90. The van der Waals surface area contributed by atoms with Crippen molar-refractivity contribution in [2.45, 2.75) is 18.6 Å². The summed E-state index contributed by atoms with van der Waals surface area (Å²) >= 11 is 0. The molecule has 0 saturated carbocycles. The van der Waals surface area contributed by atoms with E-state index in [-0.39, 0.29) is 12.1 Å². The Kier molecular flexibility index (Phi) is 1.68. The molecule has 0 spiro atoms. The number of esters is 1. The summed E-state index contributed by atoms with van der Waals surface area (Å²) in [5.74, 6) is -0.328. The summed E-state index contributed by atoms with van der Waals surface area (Å²) in [6.45, 7) is 0.374. The maximum atomic E-state index is 10.5. The van der Waals surface area contributed by atoms with Crippen LogP contribution < -0.4 is 11.5 Å². The van der Waals surface area contributed by atoms with Crippen LogP contribution in [-0.2, 0) is 9.53 Å². The zero-order chi connectivity index (χ0) is 6.85. The standard InChI is InChI=1S/C5H10N2O2/c6-2-3-1-4(7)5(8)9-3/h3-4H,1-2,6-7H2/t3-,4+/m1/s1. The van der Waals surface area contributed by atoms with Crippen molar-refractivity contribution >= 4 is 5.97 Å². The number of rotatable bonds is 1. The summed E-state index contributed by atoms with van der Waals surface area (Å²) in [5.41, 5.74) is 10.5. The molecule has 1 heterocycles. The van der Waals surface area contributed by atoms with Gasteiger partial charge in [0, 0.05) is 13.0 Å². The van der Waals surface area contributed by atoms with Gasteiger partial charge in [-0.3, -0.25) is 4.79 Å². The molecule has 4 N–H and O–H groups in total. The van der Waals surface area contributed by atoms with Crippen LogP contribution in [0, 0.1) is 0 Å². The van der Waals surface area contributed by atoms with Gasteiger partial charge in [-0.2, -0.15) is 0 Å². The van der Waals surface area contributed by atoms with Crippen molar-refractivity contribution in [2.75, 3.05) is 6.54 Å². The molecule has 9 heavy (non-hydrogen) atoms. The van der Waals surface area contributed by atoms with Gasteiger partial charge in [0.1, 0.15) is 12.1 Å². The molecule has 0 amide bonds. The van der Waals surface area contributed by atoms with Crippen molar-refractivity contribution in [1.29, 1.82) is 0 Å².